The summed E-state index contributed by atoms with van der Waals surface area (Å²) >= 11 is 0. The predicted molar refractivity (Wildman–Crippen MR) is 85.8 cm³/mol. The van der Waals surface area contributed by atoms with Crippen molar-refractivity contribution in [3.05, 3.63) is 29.8 Å². The summed E-state index contributed by atoms with van der Waals surface area (Å²) in [5.41, 5.74) is 1.19. The van der Waals surface area contributed by atoms with Gasteiger partial charge in [0.25, 0.3) is 0 Å². The van der Waals surface area contributed by atoms with Crippen LogP contribution < -0.4 is 10.1 Å². The lowest BCUT2D eigenvalue weighted by molar-refractivity contribution is 0.0403. The summed E-state index contributed by atoms with van der Waals surface area (Å²) < 4.78 is 16.4. The standard InChI is InChI=1S/C17H29NO3/c1-4-19-9-10-20-11-12-21-17-8-6-5-7-16(17)14-18-13-15(2)3/h5-8,15,18H,4,9-14H2,1-3H3. The molecule has 0 heterocycles. The van der Waals surface area contributed by atoms with Gasteiger partial charge in [0.2, 0.25) is 0 Å². The fourth-order valence-corrected chi connectivity index (χ4v) is 1.86. The maximum atomic E-state index is 5.80. The molecule has 0 fully saturated rings. The van der Waals surface area contributed by atoms with Crippen molar-refractivity contribution in [3.8, 4) is 5.75 Å². The van der Waals surface area contributed by atoms with Gasteiger partial charge in [0.1, 0.15) is 12.4 Å². The number of nitrogens with one attached hydrogen (secondary N) is 1. The van der Waals surface area contributed by atoms with Crippen LogP contribution in [0, 0.1) is 5.92 Å². The Morgan fingerprint density at radius 1 is 1.00 bits per heavy atom. The Balaban J connectivity index is 2.24. The van der Waals surface area contributed by atoms with Crippen LogP contribution in [0.5, 0.6) is 5.75 Å². The van der Waals surface area contributed by atoms with Crippen molar-refractivity contribution in [2.45, 2.75) is 27.3 Å². The number of rotatable bonds is 12. The van der Waals surface area contributed by atoms with E-state index in [4.69, 9.17) is 14.2 Å². The normalized spacial score (nSPS) is 11.0. The fourth-order valence-electron chi connectivity index (χ4n) is 1.86. The van der Waals surface area contributed by atoms with Crippen LogP contribution in [0.2, 0.25) is 0 Å². The molecule has 0 radical (unpaired) electrons. The van der Waals surface area contributed by atoms with Gasteiger partial charge >= 0.3 is 0 Å². The van der Waals surface area contributed by atoms with Crippen molar-refractivity contribution in [2.75, 3.05) is 39.6 Å². The van der Waals surface area contributed by atoms with Crippen LogP contribution in [0.3, 0.4) is 0 Å². The molecule has 0 aliphatic rings. The van der Waals surface area contributed by atoms with Crippen LogP contribution in [0.4, 0.5) is 0 Å². The van der Waals surface area contributed by atoms with Crippen molar-refractivity contribution in [1.29, 1.82) is 0 Å². The average molecular weight is 295 g/mol. The molecule has 0 saturated carbocycles. The van der Waals surface area contributed by atoms with Gasteiger partial charge in [-0.25, -0.2) is 0 Å². The van der Waals surface area contributed by atoms with Crippen molar-refractivity contribution in [3.63, 3.8) is 0 Å². The molecule has 120 valence electrons. The van der Waals surface area contributed by atoms with E-state index >= 15 is 0 Å². The molecular weight excluding hydrogens is 266 g/mol. The van der Waals surface area contributed by atoms with Crippen LogP contribution in [-0.2, 0) is 16.0 Å². The van der Waals surface area contributed by atoms with Crippen LogP contribution in [0.1, 0.15) is 26.3 Å². The number of hydrogen-bond acceptors (Lipinski definition) is 4. The van der Waals surface area contributed by atoms with Crippen molar-refractivity contribution in [2.24, 2.45) is 5.92 Å². The van der Waals surface area contributed by atoms with E-state index in [-0.39, 0.29) is 0 Å². The lowest BCUT2D eigenvalue weighted by atomic mass is 10.2. The summed E-state index contributed by atoms with van der Waals surface area (Å²) in [5.74, 6) is 1.58. The molecule has 1 N–H and O–H groups in total. The molecule has 1 aromatic carbocycles. The highest BCUT2D eigenvalue weighted by atomic mass is 16.5. The van der Waals surface area contributed by atoms with Crippen LogP contribution in [0.25, 0.3) is 0 Å². The topological polar surface area (TPSA) is 39.7 Å². The van der Waals surface area contributed by atoms with E-state index in [0.717, 1.165) is 25.4 Å². The largest absolute Gasteiger partial charge is 0.491 e. The molecule has 4 nitrogen and oxygen atoms in total. The van der Waals surface area contributed by atoms with Crippen LogP contribution in [-0.4, -0.2) is 39.6 Å². The molecule has 0 spiro atoms. The Morgan fingerprint density at radius 2 is 1.71 bits per heavy atom. The van der Waals surface area contributed by atoms with Crippen LogP contribution in [0.15, 0.2) is 24.3 Å². The maximum absolute atomic E-state index is 5.80. The monoisotopic (exact) mass is 295 g/mol. The summed E-state index contributed by atoms with van der Waals surface area (Å²) in [4.78, 5) is 0. The SMILES string of the molecule is CCOCCOCCOc1ccccc1CNCC(C)C. The minimum atomic E-state index is 0.563. The van der Waals surface area contributed by atoms with Crippen molar-refractivity contribution in [1.82, 2.24) is 5.32 Å². The molecule has 21 heavy (non-hydrogen) atoms. The quantitative estimate of drug-likeness (QED) is 0.602. The highest BCUT2D eigenvalue weighted by Crippen LogP contribution is 2.17. The van der Waals surface area contributed by atoms with Gasteiger partial charge in [-0.05, 0) is 25.5 Å². The molecule has 1 rings (SSSR count). The first-order valence-corrected chi connectivity index (χ1v) is 7.81. The fraction of sp³-hybridized carbons (Fsp3) is 0.647. The summed E-state index contributed by atoms with van der Waals surface area (Å²) in [5, 5.41) is 3.44. The van der Waals surface area contributed by atoms with E-state index in [2.05, 4.69) is 25.2 Å². The molecule has 0 aromatic heterocycles. The molecule has 0 aliphatic carbocycles. The second kappa shape index (κ2) is 11.5. The molecule has 0 atom stereocenters. The van der Waals surface area contributed by atoms with Gasteiger partial charge in [-0.3, -0.25) is 0 Å². The zero-order valence-electron chi connectivity index (χ0n) is 13.6. The highest BCUT2D eigenvalue weighted by molar-refractivity contribution is 5.33. The van der Waals surface area contributed by atoms with Gasteiger partial charge in [-0.2, -0.15) is 0 Å². The van der Waals surface area contributed by atoms with Gasteiger partial charge in [-0.15, -0.1) is 0 Å². The van der Waals surface area contributed by atoms with Crippen molar-refractivity contribution >= 4 is 0 Å². The third-order valence-electron chi connectivity index (χ3n) is 2.90. The van der Waals surface area contributed by atoms with Gasteiger partial charge < -0.3 is 19.5 Å². The summed E-state index contributed by atoms with van der Waals surface area (Å²) in [7, 11) is 0. The second-order valence-corrected chi connectivity index (χ2v) is 5.29. The van der Waals surface area contributed by atoms with Crippen molar-refractivity contribution < 1.29 is 14.2 Å². The maximum Gasteiger partial charge on any atom is 0.123 e. The molecule has 4 heteroatoms. The molecular formula is C17H29NO3. The number of para-hydroxylation sites is 1. The summed E-state index contributed by atoms with van der Waals surface area (Å²) in [6.45, 7) is 11.4. The lowest BCUT2D eigenvalue weighted by Crippen LogP contribution is -2.19. The Hall–Kier alpha value is -1.10. The Morgan fingerprint density at radius 3 is 2.48 bits per heavy atom. The molecule has 0 amide bonds. The van der Waals surface area contributed by atoms with E-state index in [1.54, 1.807) is 0 Å². The summed E-state index contributed by atoms with van der Waals surface area (Å²) in [6, 6.07) is 8.14. The first-order chi connectivity index (χ1) is 10.2. The summed E-state index contributed by atoms with van der Waals surface area (Å²) in [6.07, 6.45) is 0. The molecule has 0 unspecified atom stereocenters. The third kappa shape index (κ3) is 8.71. The molecule has 0 aliphatic heterocycles. The smallest absolute Gasteiger partial charge is 0.123 e. The predicted octanol–water partition coefficient (Wildman–Crippen LogP) is 2.86. The lowest BCUT2D eigenvalue weighted by Gasteiger charge is -2.13. The zero-order chi connectivity index (χ0) is 15.3. The third-order valence-corrected chi connectivity index (χ3v) is 2.90. The minimum absolute atomic E-state index is 0.563. The van der Waals surface area contributed by atoms with Gasteiger partial charge in [0, 0.05) is 18.7 Å². The van der Waals surface area contributed by atoms with E-state index in [0.29, 0.717) is 32.3 Å². The highest BCUT2D eigenvalue weighted by Gasteiger charge is 2.03. The number of benzene rings is 1. The van der Waals surface area contributed by atoms with E-state index in [1.807, 2.05) is 25.1 Å². The minimum Gasteiger partial charge on any atom is -0.491 e. The van der Waals surface area contributed by atoms with E-state index in [1.165, 1.54) is 5.56 Å². The second-order valence-electron chi connectivity index (χ2n) is 5.29. The average Bonchev–Trinajstić information content (AvgIpc) is 2.47. The zero-order valence-corrected chi connectivity index (χ0v) is 13.6. The number of ether oxygens (including phenoxy) is 3. The molecule has 1 aromatic rings. The first-order valence-electron chi connectivity index (χ1n) is 7.81. The van der Waals surface area contributed by atoms with E-state index < -0.39 is 0 Å². The Bertz CT molecular complexity index is 369. The van der Waals surface area contributed by atoms with E-state index in [9.17, 15) is 0 Å². The van der Waals surface area contributed by atoms with Gasteiger partial charge in [0.05, 0.1) is 19.8 Å². The van der Waals surface area contributed by atoms with Crippen LogP contribution >= 0.6 is 0 Å². The molecule has 0 saturated heterocycles. The first kappa shape index (κ1) is 18.0. The molecule has 0 bridgehead atoms. The van der Waals surface area contributed by atoms with Gasteiger partial charge in [-0.1, -0.05) is 32.0 Å². The Kier molecular flexibility index (Phi) is 9.87. The number of hydrogen-bond donors (Lipinski definition) is 1. The Labute approximate surface area is 128 Å². The van der Waals surface area contributed by atoms with Gasteiger partial charge in [0.15, 0.2) is 0 Å².